The second kappa shape index (κ2) is 8.10. The molecule has 0 unspecified atom stereocenters. The van der Waals surface area contributed by atoms with E-state index in [0.717, 1.165) is 5.56 Å². The molecule has 5 heteroatoms. The van der Waals surface area contributed by atoms with Crippen LogP contribution < -0.4 is 4.74 Å². The molecule has 2 rings (SSSR count). The average Bonchev–Trinajstić information content (AvgIpc) is 2.54. The zero-order valence-electron chi connectivity index (χ0n) is 12.3. The molecule has 0 aliphatic heterocycles. The number of rotatable bonds is 4. The summed E-state index contributed by atoms with van der Waals surface area (Å²) in [7, 11) is 2.85. The number of halogens is 1. The molecular formula is C17H17ClO4. The molecule has 116 valence electrons. The summed E-state index contributed by atoms with van der Waals surface area (Å²) in [4.78, 5) is 11.2. The summed E-state index contributed by atoms with van der Waals surface area (Å²) in [5.41, 5.74) is 1.99. The zero-order chi connectivity index (χ0) is 15.2. The first kappa shape index (κ1) is 17.6. The lowest BCUT2D eigenvalue weighted by molar-refractivity contribution is -0.134. The number of carbonyl (C=O) groups excluding carboxylic acids is 1. The van der Waals surface area contributed by atoms with Gasteiger partial charge in [0.05, 0.1) is 14.2 Å². The van der Waals surface area contributed by atoms with E-state index in [9.17, 15) is 9.90 Å². The van der Waals surface area contributed by atoms with E-state index in [4.69, 9.17) is 4.74 Å². The van der Waals surface area contributed by atoms with Gasteiger partial charge in [0.2, 0.25) is 0 Å². The van der Waals surface area contributed by atoms with Crippen LogP contribution in [0.3, 0.4) is 0 Å². The SMILES string of the molecule is COC(=O)/C=C/c1cc(OC)cc(-c2ccccc2)c1O.Cl. The Balaban J connectivity index is 0.00000242. The van der Waals surface area contributed by atoms with Crippen molar-refractivity contribution in [1.82, 2.24) is 0 Å². The highest BCUT2D eigenvalue weighted by atomic mass is 35.5. The summed E-state index contributed by atoms with van der Waals surface area (Å²) in [6.45, 7) is 0. The van der Waals surface area contributed by atoms with Crippen molar-refractivity contribution >= 4 is 24.5 Å². The van der Waals surface area contributed by atoms with E-state index in [1.165, 1.54) is 19.3 Å². The summed E-state index contributed by atoms with van der Waals surface area (Å²) >= 11 is 0. The number of aromatic hydroxyl groups is 1. The molecule has 0 bridgehead atoms. The fraction of sp³-hybridized carbons (Fsp3) is 0.118. The molecule has 0 fully saturated rings. The summed E-state index contributed by atoms with van der Waals surface area (Å²) in [6.07, 6.45) is 2.75. The summed E-state index contributed by atoms with van der Waals surface area (Å²) in [5, 5.41) is 10.4. The van der Waals surface area contributed by atoms with E-state index in [2.05, 4.69) is 4.74 Å². The minimum absolute atomic E-state index is 0. The van der Waals surface area contributed by atoms with Gasteiger partial charge in [-0.25, -0.2) is 4.79 Å². The number of benzene rings is 2. The van der Waals surface area contributed by atoms with Gasteiger partial charge in [-0.1, -0.05) is 30.3 Å². The molecule has 0 spiro atoms. The van der Waals surface area contributed by atoms with Gasteiger partial charge in [-0.3, -0.25) is 0 Å². The predicted octanol–water partition coefficient (Wildman–Crippen LogP) is 3.68. The Morgan fingerprint density at radius 1 is 1.14 bits per heavy atom. The second-order valence-electron chi connectivity index (χ2n) is 4.34. The molecule has 0 saturated heterocycles. The van der Waals surface area contributed by atoms with Gasteiger partial charge >= 0.3 is 5.97 Å². The fourth-order valence-corrected chi connectivity index (χ4v) is 1.94. The van der Waals surface area contributed by atoms with Gasteiger partial charge in [0.25, 0.3) is 0 Å². The standard InChI is InChI=1S/C17H16O4.ClH/c1-20-14-10-13(8-9-16(18)21-2)17(19)15(11-14)12-6-4-3-5-7-12;/h3-11,19H,1-2H3;1H/b9-8+;. The quantitative estimate of drug-likeness (QED) is 0.689. The molecule has 0 amide bonds. The highest BCUT2D eigenvalue weighted by molar-refractivity contribution is 5.89. The number of ether oxygens (including phenoxy) is 2. The van der Waals surface area contributed by atoms with Crippen LogP contribution >= 0.6 is 12.4 Å². The number of hydrogen-bond donors (Lipinski definition) is 1. The Kier molecular flexibility index (Phi) is 6.47. The minimum atomic E-state index is -0.488. The van der Waals surface area contributed by atoms with Crippen LogP contribution in [0.1, 0.15) is 5.56 Å². The molecule has 0 saturated carbocycles. The third-order valence-electron chi connectivity index (χ3n) is 3.03. The van der Waals surface area contributed by atoms with Crippen molar-refractivity contribution in [3.8, 4) is 22.6 Å². The number of hydrogen-bond acceptors (Lipinski definition) is 4. The topological polar surface area (TPSA) is 55.8 Å². The van der Waals surface area contributed by atoms with Crippen molar-refractivity contribution in [2.75, 3.05) is 14.2 Å². The molecule has 22 heavy (non-hydrogen) atoms. The van der Waals surface area contributed by atoms with Gasteiger partial charge in [-0.15, -0.1) is 12.4 Å². The highest BCUT2D eigenvalue weighted by Crippen LogP contribution is 2.36. The Bertz CT molecular complexity index is 666. The van der Waals surface area contributed by atoms with Crippen molar-refractivity contribution < 1.29 is 19.4 Å². The number of carbonyl (C=O) groups is 1. The van der Waals surface area contributed by atoms with Gasteiger partial charge in [0, 0.05) is 17.2 Å². The van der Waals surface area contributed by atoms with Crippen LogP contribution in [0.15, 0.2) is 48.5 Å². The van der Waals surface area contributed by atoms with Gasteiger partial charge in [0.15, 0.2) is 0 Å². The van der Waals surface area contributed by atoms with Crippen LogP contribution in [-0.2, 0) is 9.53 Å². The molecule has 0 aliphatic carbocycles. The lowest BCUT2D eigenvalue weighted by Crippen LogP contribution is -1.94. The van der Waals surface area contributed by atoms with Crippen molar-refractivity contribution in [2.24, 2.45) is 0 Å². The Hall–Kier alpha value is -2.46. The maximum atomic E-state index is 11.2. The van der Waals surface area contributed by atoms with Gasteiger partial charge < -0.3 is 14.6 Å². The third kappa shape index (κ3) is 4.02. The molecule has 0 heterocycles. The molecule has 0 aliphatic rings. The van der Waals surface area contributed by atoms with E-state index in [1.54, 1.807) is 19.2 Å². The fourth-order valence-electron chi connectivity index (χ4n) is 1.94. The normalized spacial score (nSPS) is 10.1. The van der Waals surface area contributed by atoms with Crippen LogP contribution in [0.4, 0.5) is 0 Å². The number of phenols is 1. The third-order valence-corrected chi connectivity index (χ3v) is 3.03. The van der Waals surface area contributed by atoms with E-state index in [-0.39, 0.29) is 18.2 Å². The van der Waals surface area contributed by atoms with Crippen LogP contribution in [0, 0.1) is 0 Å². The molecule has 2 aromatic carbocycles. The first-order valence-electron chi connectivity index (χ1n) is 6.38. The molecule has 4 nitrogen and oxygen atoms in total. The van der Waals surface area contributed by atoms with E-state index in [0.29, 0.717) is 16.9 Å². The van der Waals surface area contributed by atoms with E-state index < -0.39 is 5.97 Å². The van der Waals surface area contributed by atoms with Crippen molar-refractivity contribution in [2.45, 2.75) is 0 Å². The molecule has 0 radical (unpaired) electrons. The lowest BCUT2D eigenvalue weighted by Gasteiger charge is -2.10. The average molecular weight is 321 g/mol. The Morgan fingerprint density at radius 3 is 2.41 bits per heavy atom. The zero-order valence-corrected chi connectivity index (χ0v) is 13.1. The van der Waals surface area contributed by atoms with Crippen molar-refractivity contribution in [3.05, 3.63) is 54.1 Å². The van der Waals surface area contributed by atoms with Crippen LogP contribution in [0.5, 0.6) is 11.5 Å². The van der Waals surface area contributed by atoms with Gasteiger partial charge in [0.1, 0.15) is 11.5 Å². The van der Waals surface area contributed by atoms with Crippen LogP contribution in [-0.4, -0.2) is 25.3 Å². The predicted molar refractivity (Wildman–Crippen MR) is 88.4 cm³/mol. The van der Waals surface area contributed by atoms with Crippen LogP contribution in [0.2, 0.25) is 0 Å². The highest BCUT2D eigenvalue weighted by Gasteiger charge is 2.11. The molecule has 2 aromatic rings. The lowest BCUT2D eigenvalue weighted by atomic mass is 10.0. The summed E-state index contributed by atoms with van der Waals surface area (Å²) in [6, 6.07) is 12.9. The maximum absolute atomic E-state index is 11.2. The van der Waals surface area contributed by atoms with Crippen LogP contribution in [0.25, 0.3) is 17.2 Å². The largest absolute Gasteiger partial charge is 0.507 e. The Morgan fingerprint density at radius 2 is 1.82 bits per heavy atom. The number of esters is 1. The molecular weight excluding hydrogens is 304 g/mol. The Labute approximate surface area is 135 Å². The first-order chi connectivity index (χ1) is 10.2. The monoisotopic (exact) mass is 320 g/mol. The van der Waals surface area contributed by atoms with Gasteiger partial charge in [-0.05, 0) is 23.8 Å². The van der Waals surface area contributed by atoms with Gasteiger partial charge in [-0.2, -0.15) is 0 Å². The van der Waals surface area contributed by atoms with Crippen molar-refractivity contribution in [1.29, 1.82) is 0 Å². The maximum Gasteiger partial charge on any atom is 0.330 e. The molecule has 0 aromatic heterocycles. The minimum Gasteiger partial charge on any atom is -0.507 e. The van der Waals surface area contributed by atoms with E-state index >= 15 is 0 Å². The molecule has 1 N–H and O–H groups in total. The van der Waals surface area contributed by atoms with E-state index in [1.807, 2.05) is 30.3 Å². The summed E-state index contributed by atoms with van der Waals surface area (Å²) < 4.78 is 9.79. The first-order valence-corrected chi connectivity index (χ1v) is 6.38. The number of phenolic OH excluding ortho intramolecular Hbond substituents is 1. The second-order valence-corrected chi connectivity index (χ2v) is 4.34. The summed E-state index contributed by atoms with van der Waals surface area (Å²) in [5.74, 6) is 0.191. The number of methoxy groups -OCH3 is 2. The molecule has 0 atom stereocenters. The van der Waals surface area contributed by atoms with Crippen molar-refractivity contribution in [3.63, 3.8) is 0 Å². The smallest absolute Gasteiger partial charge is 0.330 e.